The maximum atomic E-state index is 12.0. The highest BCUT2D eigenvalue weighted by atomic mass is 16.5. The molecule has 0 aliphatic heterocycles. The second-order valence-electron chi connectivity index (χ2n) is 5.93. The zero-order valence-corrected chi connectivity index (χ0v) is 16.3. The van der Waals surface area contributed by atoms with Crippen LogP contribution in [-0.4, -0.2) is 42.4 Å². The minimum absolute atomic E-state index is 0.202. The third-order valence-electron chi connectivity index (χ3n) is 4.18. The maximum Gasteiger partial charge on any atom is 0.256 e. The Morgan fingerprint density at radius 3 is 2.48 bits per heavy atom. The van der Waals surface area contributed by atoms with E-state index in [4.69, 9.17) is 19.9 Å². The molecule has 0 bridgehead atoms. The molecule has 2 aromatic heterocycles. The number of nitrogens with one attached hydrogen (secondary N) is 3. The average Bonchev–Trinajstić information content (AvgIpc) is 3.14. The standard InChI is InChI=1S/C19H22N6O4/c1-27-13-8-15(29-3)14(28-2)7-11(13)9-22-18-16(17(20)26)19(25-24-18)23-12-5-4-6-21-10-12/h4-8,10H,9H2,1-3H3,(H2,20,26)(H3,22,23,24,25). The zero-order valence-electron chi connectivity index (χ0n) is 16.3. The van der Waals surface area contributed by atoms with Gasteiger partial charge < -0.3 is 30.6 Å². The number of pyridine rings is 1. The zero-order chi connectivity index (χ0) is 20.8. The van der Waals surface area contributed by atoms with Crippen LogP contribution in [0.3, 0.4) is 0 Å². The number of carbonyl (C=O) groups excluding carboxylic acids is 1. The van der Waals surface area contributed by atoms with Gasteiger partial charge in [-0.05, 0) is 18.2 Å². The van der Waals surface area contributed by atoms with Gasteiger partial charge in [-0.3, -0.25) is 14.9 Å². The first-order valence-corrected chi connectivity index (χ1v) is 8.65. The lowest BCUT2D eigenvalue weighted by Crippen LogP contribution is -2.15. The molecule has 3 aromatic rings. The summed E-state index contributed by atoms with van der Waals surface area (Å²) in [5.41, 5.74) is 7.23. The Hall–Kier alpha value is -3.95. The summed E-state index contributed by atoms with van der Waals surface area (Å²) in [6.07, 6.45) is 3.26. The van der Waals surface area contributed by atoms with E-state index in [9.17, 15) is 4.79 Å². The smallest absolute Gasteiger partial charge is 0.256 e. The SMILES string of the molecule is COc1cc(OC)c(OC)cc1CNc1[nH]nc(Nc2cccnc2)c1C(N)=O. The van der Waals surface area contributed by atoms with Gasteiger partial charge in [0, 0.05) is 24.4 Å². The van der Waals surface area contributed by atoms with E-state index < -0.39 is 5.91 Å². The van der Waals surface area contributed by atoms with Crippen LogP contribution in [0.4, 0.5) is 17.3 Å². The molecule has 0 saturated heterocycles. The van der Waals surface area contributed by atoms with Crippen molar-refractivity contribution < 1.29 is 19.0 Å². The molecule has 0 atom stereocenters. The van der Waals surface area contributed by atoms with E-state index in [1.54, 1.807) is 58.0 Å². The predicted molar refractivity (Wildman–Crippen MR) is 108 cm³/mol. The summed E-state index contributed by atoms with van der Waals surface area (Å²) in [4.78, 5) is 16.0. The third-order valence-corrected chi connectivity index (χ3v) is 4.18. The van der Waals surface area contributed by atoms with Crippen molar-refractivity contribution >= 4 is 23.2 Å². The van der Waals surface area contributed by atoms with Crippen LogP contribution in [0, 0.1) is 0 Å². The molecule has 0 aliphatic rings. The Morgan fingerprint density at radius 2 is 1.86 bits per heavy atom. The summed E-state index contributed by atoms with van der Waals surface area (Å²) >= 11 is 0. The summed E-state index contributed by atoms with van der Waals surface area (Å²) in [5, 5.41) is 13.1. The van der Waals surface area contributed by atoms with Crippen molar-refractivity contribution in [2.24, 2.45) is 5.73 Å². The summed E-state index contributed by atoms with van der Waals surface area (Å²) in [7, 11) is 4.67. The van der Waals surface area contributed by atoms with Gasteiger partial charge in [0.15, 0.2) is 17.3 Å². The lowest BCUT2D eigenvalue weighted by atomic mass is 10.1. The summed E-state index contributed by atoms with van der Waals surface area (Å²) in [6, 6.07) is 7.09. The van der Waals surface area contributed by atoms with Crippen molar-refractivity contribution in [3.05, 3.63) is 47.8 Å². The molecule has 0 spiro atoms. The molecule has 2 heterocycles. The fraction of sp³-hybridized carbons (Fsp3) is 0.211. The van der Waals surface area contributed by atoms with Crippen molar-refractivity contribution in [1.29, 1.82) is 0 Å². The van der Waals surface area contributed by atoms with E-state index >= 15 is 0 Å². The topological polar surface area (TPSA) is 136 Å². The fourth-order valence-electron chi connectivity index (χ4n) is 2.79. The number of methoxy groups -OCH3 is 3. The van der Waals surface area contributed by atoms with E-state index in [0.717, 1.165) is 5.56 Å². The van der Waals surface area contributed by atoms with Crippen LogP contribution in [0.1, 0.15) is 15.9 Å². The summed E-state index contributed by atoms with van der Waals surface area (Å²) < 4.78 is 16.1. The van der Waals surface area contributed by atoms with E-state index in [1.807, 2.05) is 0 Å². The number of carbonyl (C=O) groups is 1. The first kappa shape index (κ1) is 19.8. The van der Waals surface area contributed by atoms with Crippen LogP contribution >= 0.6 is 0 Å². The number of anilines is 3. The second-order valence-corrected chi connectivity index (χ2v) is 5.93. The molecule has 3 rings (SSSR count). The van der Waals surface area contributed by atoms with Crippen molar-refractivity contribution in [3.8, 4) is 17.2 Å². The summed E-state index contributed by atoms with van der Waals surface area (Å²) in [6.45, 7) is 0.318. The number of hydrogen-bond acceptors (Lipinski definition) is 8. The van der Waals surface area contributed by atoms with E-state index in [2.05, 4.69) is 25.8 Å². The van der Waals surface area contributed by atoms with Crippen LogP contribution in [0.25, 0.3) is 0 Å². The van der Waals surface area contributed by atoms with Gasteiger partial charge in [0.2, 0.25) is 0 Å². The first-order chi connectivity index (χ1) is 14.1. The number of aromatic nitrogens is 3. The highest BCUT2D eigenvalue weighted by Gasteiger charge is 2.19. The Balaban J connectivity index is 1.85. The number of amides is 1. The molecule has 1 amide bonds. The number of hydrogen-bond donors (Lipinski definition) is 4. The van der Waals surface area contributed by atoms with Gasteiger partial charge in [-0.2, -0.15) is 5.10 Å². The highest BCUT2D eigenvalue weighted by molar-refractivity contribution is 6.03. The van der Waals surface area contributed by atoms with Gasteiger partial charge in [-0.1, -0.05) is 0 Å². The molecule has 5 N–H and O–H groups in total. The minimum atomic E-state index is -0.632. The molecular formula is C19H22N6O4. The van der Waals surface area contributed by atoms with E-state index in [1.165, 1.54) is 0 Å². The number of primary amides is 1. The molecular weight excluding hydrogens is 376 g/mol. The number of ether oxygens (including phenoxy) is 3. The number of benzene rings is 1. The fourth-order valence-corrected chi connectivity index (χ4v) is 2.79. The van der Waals surface area contributed by atoms with Gasteiger partial charge in [0.05, 0.1) is 33.2 Å². The largest absolute Gasteiger partial charge is 0.496 e. The van der Waals surface area contributed by atoms with E-state index in [0.29, 0.717) is 41.1 Å². The molecule has 0 radical (unpaired) electrons. The third kappa shape index (κ3) is 4.32. The number of rotatable bonds is 9. The number of aromatic amines is 1. The molecule has 0 saturated carbocycles. The van der Waals surface area contributed by atoms with Crippen LogP contribution < -0.4 is 30.6 Å². The Labute approximate surface area is 167 Å². The van der Waals surface area contributed by atoms with Crippen molar-refractivity contribution in [2.45, 2.75) is 6.54 Å². The van der Waals surface area contributed by atoms with Gasteiger partial charge >= 0.3 is 0 Å². The molecule has 0 unspecified atom stereocenters. The predicted octanol–water partition coefficient (Wildman–Crippen LogP) is 2.29. The quantitative estimate of drug-likeness (QED) is 0.431. The Kier molecular flexibility index (Phi) is 6.03. The highest BCUT2D eigenvalue weighted by Crippen LogP contribution is 2.35. The van der Waals surface area contributed by atoms with Gasteiger partial charge in [-0.25, -0.2) is 0 Å². The lowest BCUT2D eigenvalue weighted by molar-refractivity contribution is 0.100. The summed E-state index contributed by atoms with van der Waals surface area (Å²) in [5.74, 6) is 1.75. The normalized spacial score (nSPS) is 10.3. The van der Waals surface area contributed by atoms with Crippen LogP contribution in [0.2, 0.25) is 0 Å². The van der Waals surface area contributed by atoms with Gasteiger partial charge in [-0.15, -0.1) is 0 Å². The second kappa shape index (κ2) is 8.83. The Bertz CT molecular complexity index is 990. The number of H-pyrrole nitrogens is 1. The maximum absolute atomic E-state index is 12.0. The lowest BCUT2D eigenvalue weighted by Gasteiger charge is -2.15. The first-order valence-electron chi connectivity index (χ1n) is 8.65. The molecule has 10 heteroatoms. The van der Waals surface area contributed by atoms with E-state index in [-0.39, 0.29) is 5.56 Å². The van der Waals surface area contributed by atoms with Crippen molar-refractivity contribution in [3.63, 3.8) is 0 Å². The van der Waals surface area contributed by atoms with Crippen LogP contribution in [0.15, 0.2) is 36.7 Å². The molecule has 152 valence electrons. The van der Waals surface area contributed by atoms with Gasteiger partial charge in [0.25, 0.3) is 5.91 Å². The van der Waals surface area contributed by atoms with Gasteiger partial charge in [0.1, 0.15) is 17.1 Å². The average molecular weight is 398 g/mol. The van der Waals surface area contributed by atoms with Crippen molar-refractivity contribution in [1.82, 2.24) is 15.2 Å². The van der Waals surface area contributed by atoms with Crippen LogP contribution in [-0.2, 0) is 6.54 Å². The van der Waals surface area contributed by atoms with Crippen molar-refractivity contribution in [2.75, 3.05) is 32.0 Å². The monoisotopic (exact) mass is 398 g/mol. The molecule has 29 heavy (non-hydrogen) atoms. The molecule has 10 nitrogen and oxygen atoms in total. The molecule has 0 aliphatic carbocycles. The Morgan fingerprint density at radius 1 is 1.14 bits per heavy atom. The number of nitrogens with zero attached hydrogens (tertiary/aromatic N) is 2. The van der Waals surface area contributed by atoms with Crippen LogP contribution in [0.5, 0.6) is 17.2 Å². The molecule has 1 aromatic carbocycles. The number of nitrogens with two attached hydrogens (primary N) is 1. The molecule has 0 fully saturated rings. The minimum Gasteiger partial charge on any atom is -0.496 e.